The lowest BCUT2D eigenvalue weighted by Gasteiger charge is -2.10. The molecule has 0 radical (unpaired) electrons. The van der Waals surface area contributed by atoms with Gasteiger partial charge in [0.15, 0.2) is 6.61 Å². The first-order chi connectivity index (χ1) is 33.1. The van der Waals surface area contributed by atoms with Crippen molar-refractivity contribution in [3.05, 3.63) is 200 Å². The van der Waals surface area contributed by atoms with Crippen LogP contribution in [0, 0.1) is 0 Å². The van der Waals surface area contributed by atoms with Gasteiger partial charge in [-0.2, -0.15) is 0 Å². The molecule has 0 N–H and O–H groups in total. The van der Waals surface area contributed by atoms with E-state index in [0.717, 1.165) is 44.5 Å². The predicted molar refractivity (Wildman–Crippen MR) is 261 cm³/mol. The average Bonchev–Trinajstić information content (AvgIpc) is 3.36. The maximum atomic E-state index is 12.9. The van der Waals surface area contributed by atoms with Crippen LogP contribution in [-0.2, 0) is 38.2 Å². The first-order valence-corrected chi connectivity index (χ1v) is 21.6. The van der Waals surface area contributed by atoms with Gasteiger partial charge in [-0.05, 0) is 132 Å². The van der Waals surface area contributed by atoms with Gasteiger partial charge < -0.3 is 28.4 Å². The zero-order valence-corrected chi connectivity index (χ0v) is 38.1. The molecule has 0 unspecified atom stereocenters. The summed E-state index contributed by atoms with van der Waals surface area (Å²) in [5.41, 5.74) is 8.28. The lowest BCUT2D eigenvalue weighted by Crippen LogP contribution is -2.19. The van der Waals surface area contributed by atoms with Crippen LogP contribution in [0.15, 0.2) is 194 Å². The lowest BCUT2D eigenvalue weighted by atomic mass is 9.98. The molecule has 0 aromatic heterocycles. The Morgan fingerprint density at radius 3 is 1.20 bits per heavy atom. The third-order valence-corrected chi connectivity index (χ3v) is 10.3. The Kier molecular flexibility index (Phi) is 16.9. The summed E-state index contributed by atoms with van der Waals surface area (Å²) in [6, 6.07) is 43.5. The van der Waals surface area contributed by atoms with E-state index in [1.165, 1.54) is 6.92 Å². The molecule has 6 aromatic carbocycles. The van der Waals surface area contributed by atoms with Gasteiger partial charge in [0.1, 0.15) is 30.5 Å². The predicted octanol–water partition coefficient (Wildman–Crippen LogP) is 11.1. The first kappa shape index (κ1) is 49.5. The highest BCUT2D eigenvalue weighted by Gasteiger charge is 2.17. The van der Waals surface area contributed by atoms with Gasteiger partial charge in [0.2, 0.25) is 0 Å². The van der Waals surface area contributed by atoms with E-state index in [0.29, 0.717) is 22.6 Å². The fourth-order valence-electron chi connectivity index (χ4n) is 6.44. The van der Waals surface area contributed by atoms with Gasteiger partial charge in [-0.25, -0.2) is 28.8 Å². The number of benzene rings is 6. The molecule has 0 saturated carbocycles. The maximum absolute atomic E-state index is 12.9. The molecule has 69 heavy (non-hydrogen) atoms. The van der Waals surface area contributed by atoms with Crippen molar-refractivity contribution in [1.29, 1.82) is 0 Å². The maximum Gasteiger partial charge on any atom is 0.349 e. The van der Waals surface area contributed by atoms with E-state index in [-0.39, 0.29) is 48.5 Å². The van der Waals surface area contributed by atoms with Crippen molar-refractivity contribution < 1.29 is 57.2 Å². The van der Waals surface area contributed by atoms with Crippen LogP contribution in [0.2, 0.25) is 0 Å². The molecule has 0 saturated heterocycles. The van der Waals surface area contributed by atoms with Crippen LogP contribution in [0.5, 0.6) is 17.2 Å². The molecular formula is C57H48O12. The number of esters is 6. The second-order valence-corrected chi connectivity index (χ2v) is 15.7. The molecule has 0 aliphatic rings. The van der Waals surface area contributed by atoms with Gasteiger partial charge >= 0.3 is 35.8 Å². The van der Waals surface area contributed by atoms with E-state index in [1.807, 2.05) is 84.9 Å². The summed E-state index contributed by atoms with van der Waals surface area (Å²) >= 11 is 0. The zero-order chi connectivity index (χ0) is 49.5. The molecule has 0 aliphatic carbocycles. The molecule has 6 aromatic rings. The Balaban J connectivity index is 0.907. The number of carbonyl (C=O) groups is 6. The minimum Gasteiger partial charge on any atom is -0.459 e. The second-order valence-electron chi connectivity index (χ2n) is 15.7. The highest BCUT2D eigenvalue weighted by molar-refractivity contribution is 5.93. The van der Waals surface area contributed by atoms with Crippen molar-refractivity contribution in [2.24, 2.45) is 0 Å². The fourth-order valence-corrected chi connectivity index (χ4v) is 6.44. The molecule has 12 nitrogen and oxygen atoms in total. The van der Waals surface area contributed by atoms with Crippen LogP contribution in [-0.4, -0.2) is 55.6 Å². The lowest BCUT2D eigenvalue weighted by molar-refractivity contribution is -0.150. The summed E-state index contributed by atoms with van der Waals surface area (Å²) in [5, 5.41) is 0. The minimum absolute atomic E-state index is 0.0336. The van der Waals surface area contributed by atoms with E-state index in [1.54, 1.807) is 67.6 Å². The summed E-state index contributed by atoms with van der Waals surface area (Å²) in [6.07, 6.45) is 0.100. The number of rotatable bonds is 20. The van der Waals surface area contributed by atoms with Gasteiger partial charge in [0.05, 0.1) is 5.56 Å². The van der Waals surface area contributed by atoms with Gasteiger partial charge in [-0.3, -0.25) is 0 Å². The van der Waals surface area contributed by atoms with Crippen molar-refractivity contribution in [3.8, 4) is 61.8 Å². The van der Waals surface area contributed by atoms with E-state index in [9.17, 15) is 28.8 Å². The van der Waals surface area contributed by atoms with Crippen LogP contribution >= 0.6 is 0 Å². The molecule has 6 rings (SSSR count). The SMILES string of the molecule is C=C(C)C(=O)OCCOC(=O)c1ccc(-c2cccc(-c3ccc(OC(=O)C(=C)CCC(=C)C(=O)OCC(=O)Oc4ccc(-c5cccc(-c6ccc(OC(=O)C(=C)C)cc6)c5)cc4)cc3)c2)cc1. The number of carbonyl (C=O) groups excluding carboxylic acids is 6. The van der Waals surface area contributed by atoms with Crippen molar-refractivity contribution in [2.75, 3.05) is 19.8 Å². The Labute approximate surface area is 399 Å². The molecule has 12 heteroatoms. The topological polar surface area (TPSA) is 158 Å². The highest BCUT2D eigenvalue weighted by Crippen LogP contribution is 2.31. The van der Waals surface area contributed by atoms with Crippen LogP contribution in [0.3, 0.4) is 0 Å². The minimum atomic E-state index is -0.820. The van der Waals surface area contributed by atoms with Crippen molar-refractivity contribution >= 4 is 35.8 Å². The van der Waals surface area contributed by atoms with Crippen molar-refractivity contribution in [3.63, 3.8) is 0 Å². The summed E-state index contributed by atoms with van der Waals surface area (Å²) in [6.45, 7) is 17.0. The van der Waals surface area contributed by atoms with Gasteiger partial charge in [0, 0.05) is 22.3 Å². The van der Waals surface area contributed by atoms with Gasteiger partial charge in [0.25, 0.3) is 0 Å². The summed E-state index contributed by atoms with van der Waals surface area (Å²) in [5.74, 6) is -2.90. The summed E-state index contributed by atoms with van der Waals surface area (Å²) < 4.78 is 31.4. The van der Waals surface area contributed by atoms with Crippen LogP contribution in [0.25, 0.3) is 44.5 Å². The number of hydrogen-bond acceptors (Lipinski definition) is 12. The monoisotopic (exact) mass is 924 g/mol. The molecule has 0 fully saturated rings. The average molecular weight is 925 g/mol. The zero-order valence-electron chi connectivity index (χ0n) is 38.1. The molecule has 0 atom stereocenters. The molecule has 348 valence electrons. The van der Waals surface area contributed by atoms with Crippen molar-refractivity contribution in [2.45, 2.75) is 26.7 Å². The van der Waals surface area contributed by atoms with E-state index < -0.39 is 42.4 Å². The smallest absolute Gasteiger partial charge is 0.349 e. The highest BCUT2D eigenvalue weighted by atomic mass is 16.6. The summed E-state index contributed by atoms with van der Waals surface area (Å²) in [7, 11) is 0. The number of ether oxygens (including phenoxy) is 6. The van der Waals surface area contributed by atoms with Gasteiger partial charge in [-0.1, -0.05) is 111 Å². The van der Waals surface area contributed by atoms with Crippen LogP contribution in [0.4, 0.5) is 0 Å². The van der Waals surface area contributed by atoms with E-state index in [2.05, 4.69) is 26.3 Å². The molecule has 0 spiro atoms. The molecule has 0 amide bonds. The number of hydrogen-bond donors (Lipinski definition) is 0. The second kappa shape index (κ2) is 23.5. The van der Waals surface area contributed by atoms with Crippen molar-refractivity contribution in [1.82, 2.24) is 0 Å². The Hall–Kier alpha value is -8.90. The fraction of sp³-hybridized carbons (Fsp3) is 0.123. The largest absolute Gasteiger partial charge is 0.459 e. The van der Waals surface area contributed by atoms with Gasteiger partial charge in [-0.15, -0.1) is 0 Å². The van der Waals surface area contributed by atoms with Crippen LogP contribution < -0.4 is 14.2 Å². The summed E-state index contributed by atoms with van der Waals surface area (Å²) in [4.78, 5) is 73.8. The molecular weight excluding hydrogens is 877 g/mol. The van der Waals surface area contributed by atoms with E-state index >= 15 is 0 Å². The first-order valence-electron chi connectivity index (χ1n) is 21.6. The normalized spacial score (nSPS) is 10.5. The Morgan fingerprint density at radius 1 is 0.391 bits per heavy atom. The standard InChI is InChI=1S/C57H48O12/c1-36(2)53(59)64-31-32-65-57(63)44-17-15-40(16-18-44)45-9-7-10-46(33-45)43-23-29-51(30-24-43)69-56(62)39(6)14-13-38(5)55(61)66-35-52(58)67-49-25-19-41(20-26-49)47-11-8-12-48(34-47)42-21-27-50(28-22-42)68-54(60)37(3)4/h7-12,15-30,33-34H,1,3,5-6,13-14,31-32,35H2,2,4H3. The third-order valence-electron chi connectivity index (χ3n) is 10.3. The van der Waals surface area contributed by atoms with Crippen LogP contribution in [0.1, 0.15) is 37.0 Å². The Morgan fingerprint density at radius 2 is 0.768 bits per heavy atom. The Bertz CT molecular complexity index is 2930. The quantitative estimate of drug-likeness (QED) is 0.0235. The molecule has 0 heterocycles. The van der Waals surface area contributed by atoms with E-state index in [4.69, 9.17) is 28.4 Å². The molecule has 0 aliphatic heterocycles. The third kappa shape index (κ3) is 14.3. The molecule has 0 bridgehead atoms.